The Kier molecular flexibility index (Phi) is 3.49. The predicted molar refractivity (Wildman–Crippen MR) is 35.5 cm³/mol. The number of rotatable bonds is 1. The number of hydrogen-bond donors (Lipinski definition) is 0. The summed E-state index contributed by atoms with van der Waals surface area (Å²) in [7, 11) is 5.40. The van der Waals surface area contributed by atoms with Crippen LogP contribution in [0.5, 0.6) is 0 Å². The van der Waals surface area contributed by atoms with Gasteiger partial charge in [0.25, 0.3) is 0 Å². The minimum atomic E-state index is -4.93. The second-order valence-corrected chi connectivity index (χ2v) is 16.7. The fourth-order valence-electron chi connectivity index (χ4n) is 0.278. The molecule has 0 N–H and O–H groups in total. The van der Waals surface area contributed by atoms with Crippen molar-refractivity contribution < 1.29 is 21.0 Å². The third-order valence-electron chi connectivity index (χ3n) is 0.567. The summed E-state index contributed by atoms with van der Waals surface area (Å²) < 4.78 is 38.5. The van der Waals surface area contributed by atoms with E-state index in [0.717, 1.165) is 0 Å². The molecule has 0 bridgehead atoms. The summed E-state index contributed by atoms with van der Waals surface area (Å²) in [4.78, 5) is 12.8. The van der Waals surface area contributed by atoms with Crippen molar-refractivity contribution >= 4 is 32.6 Å². The Morgan fingerprint density at radius 1 is 1.45 bits per heavy atom. The molecule has 0 aromatic rings. The van der Waals surface area contributed by atoms with Crippen LogP contribution in [0.15, 0.2) is 0 Å². The number of halogens is 4. The molecule has 11 heavy (non-hydrogen) atoms. The quantitative estimate of drug-likeness (QED) is 0.692. The second kappa shape index (κ2) is 3.38. The van der Waals surface area contributed by atoms with Crippen molar-refractivity contribution in [2.24, 2.45) is 0 Å². The normalized spacial score (nSPS) is 12.9. The second-order valence-electron chi connectivity index (χ2n) is 2.25. The molecule has 0 aliphatic heterocycles. The first-order valence-electron chi connectivity index (χ1n) is 2.62. The van der Waals surface area contributed by atoms with E-state index in [1.54, 1.807) is 0 Å². The zero-order valence-electron chi connectivity index (χ0n) is 5.83. The Bertz CT molecular complexity index is 162. The van der Waals surface area contributed by atoms with Gasteiger partial charge in [-0.05, 0) is 0 Å². The molecule has 0 heterocycles. The molecule has 0 saturated heterocycles. The van der Waals surface area contributed by atoms with Crippen molar-refractivity contribution in [3.8, 4) is 0 Å². The molecular formula is C4H6ClF3O2Sn. The molecule has 0 saturated carbocycles. The van der Waals surface area contributed by atoms with Crippen molar-refractivity contribution in [2.45, 2.75) is 16.1 Å². The van der Waals surface area contributed by atoms with Crippen molar-refractivity contribution in [3.63, 3.8) is 0 Å². The molecule has 0 rings (SSSR count). The van der Waals surface area contributed by atoms with Crippen molar-refractivity contribution in [2.75, 3.05) is 0 Å². The molecule has 0 radical (unpaired) electrons. The van der Waals surface area contributed by atoms with Gasteiger partial charge in [-0.15, -0.1) is 0 Å². The molecule has 0 aliphatic carbocycles. The van der Waals surface area contributed by atoms with Gasteiger partial charge in [-0.1, -0.05) is 0 Å². The van der Waals surface area contributed by atoms with E-state index in [2.05, 4.69) is 3.07 Å². The summed E-state index contributed by atoms with van der Waals surface area (Å²) >= 11 is -3.60. The Balaban J connectivity index is 4.11. The molecule has 0 aromatic heterocycles. The molecular weight excluding hydrogens is 291 g/mol. The van der Waals surface area contributed by atoms with Crippen molar-refractivity contribution in [3.05, 3.63) is 0 Å². The molecule has 66 valence electrons. The van der Waals surface area contributed by atoms with E-state index < -0.39 is 29.8 Å². The third-order valence-corrected chi connectivity index (χ3v) is 3.00. The summed E-state index contributed by atoms with van der Waals surface area (Å²) in [6.45, 7) is 0. The van der Waals surface area contributed by atoms with E-state index >= 15 is 0 Å². The van der Waals surface area contributed by atoms with Gasteiger partial charge in [0.2, 0.25) is 0 Å². The average Bonchev–Trinajstić information content (AvgIpc) is 1.56. The topological polar surface area (TPSA) is 26.3 Å². The van der Waals surface area contributed by atoms with E-state index in [1.807, 2.05) is 0 Å². The Hall–Kier alpha value is 0.349. The first kappa shape index (κ1) is 11.3. The van der Waals surface area contributed by atoms with E-state index in [9.17, 15) is 18.0 Å². The van der Waals surface area contributed by atoms with Crippen LogP contribution in [0, 0.1) is 0 Å². The van der Waals surface area contributed by atoms with Crippen LogP contribution in [0.3, 0.4) is 0 Å². The van der Waals surface area contributed by atoms with Crippen LogP contribution in [-0.4, -0.2) is 29.8 Å². The fourth-order valence-corrected chi connectivity index (χ4v) is 2.34. The van der Waals surface area contributed by atoms with Gasteiger partial charge in [-0.3, -0.25) is 0 Å². The fraction of sp³-hybridized carbons (Fsp3) is 0.750. The van der Waals surface area contributed by atoms with E-state index in [1.165, 1.54) is 9.88 Å². The van der Waals surface area contributed by atoms with Crippen LogP contribution < -0.4 is 0 Å². The Morgan fingerprint density at radius 3 is 1.91 bits per heavy atom. The van der Waals surface area contributed by atoms with Gasteiger partial charge in [0.15, 0.2) is 0 Å². The maximum atomic E-state index is 11.5. The number of carbonyl (C=O) groups excluding carboxylic acids is 1. The number of hydrogen-bond acceptors (Lipinski definition) is 2. The van der Waals surface area contributed by atoms with E-state index in [0.29, 0.717) is 0 Å². The van der Waals surface area contributed by atoms with Gasteiger partial charge in [-0.2, -0.15) is 0 Å². The Morgan fingerprint density at radius 2 is 1.82 bits per heavy atom. The molecule has 2 nitrogen and oxygen atoms in total. The van der Waals surface area contributed by atoms with Crippen LogP contribution in [0.4, 0.5) is 13.2 Å². The van der Waals surface area contributed by atoms with Crippen LogP contribution in [0.2, 0.25) is 9.88 Å². The van der Waals surface area contributed by atoms with Gasteiger partial charge in [0, 0.05) is 0 Å². The van der Waals surface area contributed by atoms with Crippen molar-refractivity contribution in [1.82, 2.24) is 0 Å². The van der Waals surface area contributed by atoms with Gasteiger partial charge in [0.05, 0.1) is 0 Å². The minimum absolute atomic E-state index is 1.35. The standard InChI is InChI=1S/C2HF3O2.2CH3.ClH.Sn/c3-2(4,5)1(6)7;;;;/h(H,6,7);2*1H3;1H;/q;;;;+2/p-2. The zero-order chi connectivity index (χ0) is 9.28. The van der Waals surface area contributed by atoms with Crippen LogP contribution in [-0.2, 0) is 7.87 Å². The summed E-state index contributed by atoms with van der Waals surface area (Å²) in [5.74, 6) is -2.19. The van der Waals surface area contributed by atoms with Gasteiger partial charge in [-0.25, -0.2) is 0 Å². The van der Waals surface area contributed by atoms with Gasteiger partial charge >= 0.3 is 69.7 Å². The van der Waals surface area contributed by atoms with Crippen molar-refractivity contribution in [1.29, 1.82) is 0 Å². The van der Waals surface area contributed by atoms with Crippen LogP contribution in [0.1, 0.15) is 0 Å². The third kappa shape index (κ3) is 5.60. The van der Waals surface area contributed by atoms with Gasteiger partial charge < -0.3 is 0 Å². The molecule has 0 spiro atoms. The number of carbonyl (C=O) groups is 1. The summed E-state index contributed by atoms with van der Waals surface area (Å²) in [5, 5.41) is 0. The average molecular weight is 297 g/mol. The molecule has 7 heteroatoms. The molecule has 0 aliphatic rings. The van der Waals surface area contributed by atoms with Gasteiger partial charge in [0.1, 0.15) is 0 Å². The maximum absolute atomic E-state index is 11.5. The van der Waals surface area contributed by atoms with E-state index in [4.69, 9.17) is 8.92 Å². The SMILES string of the molecule is [CH3][Sn]([CH3])([Cl])[O]C(=O)C(F)(F)F. The summed E-state index contributed by atoms with van der Waals surface area (Å²) in [6.07, 6.45) is -4.93. The van der Waals surface area contributed by atoms with Crippen LogP contribution >= 0.6 is 8.92 Å². The van der Waals surface area contributed by atoms with Crippen LogP contribution in [0.25, 0.3) is 0 Å². The first-order chi connectivity index (χ1) is 4.63. The Labute approximate surface area is 69.8 Å². The summed E-state index contributed by atoms with van der Waals surface area (Å²) in [5.41, 5.74) is 0. The monoisotopic (exact) mass is 298 g/mol. The summed E-state index contributed by atoms with van der Waals surface area (Å²) in [6, 6.07) is 0. The first-order valence-corrected chi connectivity index (χ1v) is 13.1. The van der Waals surface area contributed by atoms with E-state index in [-0.39, 0.29) is 0 Å². The molecule has 0 amide bonds. The predicted octanol–water partition coefficient (Wildman–Crippen LogP) is 2.03. The molecule has 0 unspecified atom stereocenters. The number of alkyl halides is 3. The molecule has 0 fully saturated rings. The zero-order valence-corrected chi connectivity index (χ0v) is 9.44. The molecule has 0 aromatic carbocycles. The molecule has 0 atom stereocenters.